The van der Waals surface area contributed by atoms with Crippen LogP contribution in [0, 0.1) is 5.92 Å². The molecule has 0 radical (unpaired) electrons. The van der Waals surface area contributed by atoms with Crippen LogP contribution in [0.15, 0.2) is 17.1 Å². The van der Waals surface area contributed by atoms with E-state index in [1.807, 2.05) is 33.9 Å². The van der Waals surface area contributed by atoms with Crippen molar-refractivity contribution >= 4 is 6.21 Å². The van der Waals surface area contributed by atoms with E-state index < -0.39 is 0 Å². The highest BCUT2D eigenvalue weighted by molar-refractivity contribution is 5.72. The molecule has 0 aromatic rings. The van der Waals surface area contributed by atoms with Gasteiger partial charge in [0, 0.05) is 18.7 Å². The molecule has 15 heavy (non-hydrogen) atoms. The molecular formula is C13H26N2. The molecule has 0 saturated carbocycles. The highest BCUT2D eigenvalue weighted by Crippen LogP contribution is 2.21. The van der Waals surface area contributed by atoms with Crippen molar-refractivity contribution in [3.63, 3.8) is 0 Å². The lowest BCUT2D eigenvalue weighted by molar-refractivity contribution is 0.214. The number of hydrogen-bond donors (Lipinski definition) is 0. The Bertz CT molecular complexity index is 197. The Morgan fingerprint density at radius 1 is 1.20 bits per heavy atom. The van der Waals surface area contributed by atoms with E-state index in [-0.39, 0.29) is 0 Å². The highest BCUT2D eigenvalue weighted by atomic mass is 15.1. The molecule has 2 nitrogen and oxygen atoms in total. The first-order valence-corrected chi connectivity index (χ1v) is 6.25. The van der Waals surface area contributed by atoms with Gasteiger partial charge in [0.25, 0.3) is 0 Å². The maximum Gasteiger partial charge on any atom is 0.0586 e. The molecule has 2 aliphatic rings. The van der Waals surface area contributed by atoms with Crippen molar-refractivity contribution in [2.24, 2.45) is 10.9 Å². The molecule has 0 amide bonds. The van der Waals surface area contributed by atoms with Crippen LogP contribution in [-0.2, 0) is 0 Å². The van der Waals surface area contributed by atoms with E-state index in [1.54, 1.807) is 0 Å². The Balaban J connectivity index is 0.000000442. The molecule has 2 rings (SSSR count). The fourth-order valence-corrected chi connectivity index (χ4v) is 1.87. The van der Waals surface area contributed by atoms with Crippen molar-refractivity contribution in [1.29, 1.82) is 0 Å². The average molecular weight is 210 g/mol. The summed E-state index contributed by atoms with van der Waals surface area (Å²) in [7, 11) is 2.18. The molecule has 88 valence electrons. The molecule has 0 N–H and O–H groups in total. The van der Waals surface area contributed by atoms with Crippen molar-refractivity contribution in [2.45, 2.75) is 40.2 Å². The van der Waals surface area contributed by atoms with E-state index in [1.165, 1.54) is 19.5 Å². The van der Waals surface area contributed by atoms with Gasteiger partial charge in [-0.2, -0.15) is 0 Å². The fraction of sp³-hybridized carbons (Fsp3) is 0.769. The van der Waals surface area contributed by atoms with Gasteiger partial charge in [-0.25, -0.2) is 0 Å². The SMILES string of the molecule is CC.CC.CN1CCC2N=CC=CC2C1. The first kappa shape index (κ1) is 14.4. The number of aliphatic imine (C=N–C) groups is 1. The Kier molecular flexibility index (Phi) is 8.30. The molecule has 2 aliphatic heterocycles. The third kappa shape index (κ3) is 4.61. The minimum Gasteiger partial charge on any atom is -0.306 e. The Hall–Kier alpha value is -0.630. The number of fused-ring (bicyclic) bond motifs is 1. The Morgan fingerprint density at radius 2 is 1.87 bits per heavy atom. The van der Waals surface area contributed by atoms with Gasteiger partial charge in [0.2, 0.25) is 0 Å². The van der Waals surface area contributed by atoms with E-state index >= 15 is 0 Å². The largest absolute Gasteiger partial charge is 0.306 e. The average Bonchev–Trinajstić information content (AvgIpc) is 2.34. The smallest absolute Gasteiger partial charge is 0.0586 e. The van der Waals surface area contributed by atoms with Gasteiger partial charge in [0.05, 0.1) is 6.04 Å². The molecule has 2 atom stereocenters. The summed E-state index contributed by atoms with van der Waals surface area (Å²) in [6, 6.07) is 0.580. The van der Waals surface area contributed by atoms with Gasteiger partial charge in [0.15, 0.2) is 0 Å². The van der Waals surface area contributed by atoms with Crippen LogP contribution in [-0.4, -0.2) is 37.3 Å². The van der Waals surface area contributed by atoms with Gasteiger partial charge >= 0.3 is 0 Å². The summed E-state index contributed by atoms with van der Waals surface area (Å²) in [6.45, 7) is 10.4. The molecule has 0 spiro atoms. The standard InChI is InChI=1S/C9H14N2.2C2H6/c1-11-6-4-9-8(7-11)3-2-5-10-9;2*1-2/h2-3,5,8-9H,4,6-7H2,1H3;2*1-2H3. The number of rotatable bonds is 0. The van der Waals surface area contributed by atoms with Gasteiger partial charge in [-0.3, -0.25) is 4.99 Å². The summed E-state index contributed by atoms with van der Waals surface area (Å²) in [5, 5.41) is 0. The zero-order valence-electron chi connectivity index (χ0n) is 10.9. The lowest BCUT2D eigenvalue weighted by Gasteiger charge is -2.34. The predicted molar refractivity (Wildman–Crippen MR) is 69.7 cm³/mol. The molecule has 2 heteroatoms. The predicted octanol–water partition coefficient (Wildman–Crippen LogP) is 3.00. The summed E-state index contributed by atoms with van der Waals surface area (Å²) in [5.41, 5.74) is 0. The summed E-state index contributed by atoms with van der Waals surface area (Å²) >= 11 is 0. The number of hydrogen-bond acceptors (Lipinski definition) is 2. The van der Waals surface area contributed by atoms with Crippen LogP contribution in [0.25, 0.3) is 0 Å². The van der Waals surface area contributed by atoms with E-state index in [4.69, 9.17) is 0 Å². The summed E-state index contributed by atoms with van der Waals surface area (Å²) in [6.07, 6.45) is 7.52. The fourth-order valence-electron chi connectivity index (χ4n) is 1.87. The molecule has 0 aromatic heterocycles. The van der Waals surface area contributed by atoms with Gasteiger partial charge in [0.1, 0.15) is 0 Å². The molecule has 2 unspecified atom stereocenters. The van der Waals surface area contributed by atoms with Gasteiger partial charge in [-0.05, 0) is 26.1 Å². The van der Waals surface area contributed by atoms with Crippen molar-refractivity contribution in [3.05, 3.63) is 12.2 Å². The topological polar surface area (TPSA) is 15.6 Å². The highest BCUT2D eigenvalue weighted by Gasteiger charge is 2.25. The second-order valence-corrected chi connectivity index (χ2v) is 3.47. The van der Waals surface area contributed by atoms with Crippen LogP contribution >= 0.6 is 0 Å². The first-order chi connectivity index (χ1) is 7.36. The minimum atomic E-state index is 0.580. The van der Waals surface area contributed by atoms with Crippen LogP contribution in [0.1, 0.15) is 34.1 Å². The van der Waals surface area contributed by atoms with Crippen molar-refractivity contribution < 1.29 is 0 Å². The summed E-state index contributed by atoms with van der Waals surface area (Å²) in [5.74, 6) is 0.679. The van der Waals surface area contributed by atoms with Crippen molar-refractivity contribution in [2.75, 3.05) is 20.1 Å². The van der Waals surface area contributed by atoms with Crippen LogP contribution < -0.4 is 0 Å². The van der Waals surface area contributed by atoms with E-state index in [9.17, 15) is 0 Å². The Morgan fingerprint density at radius 3 is 2.53 bits per heavy atom. The van der Waals surface area contributed by atoms with Crippen LogP contribution in [0.2, 0.25) is 0 Å². The minimum absolute atomic E-state index is 0.580. The maximum atomic E-state index is 4.45. The Labute approximate surface area is 95.1 Å². The third-order valence-electron chi connectivity index (χ3n) is 2.55. The van der Waals surface area contributed by atoms with Crippen LogP contribution in [0.4, 0.5) is 0 Å². The van der Waals surface area contributed by atoms with Gasteiger partial charge in [-0.15, -0.1) is 0 Å². The zero-order chi connectivity index (χ0) is 11.7. The van der Waals surface area contributed by atoms with Crippen molar-refractivity contribution in [1.82, 2.24) is 4.90 Å². The molecule has 0 bridgehead atoms. The molecule has 0 aliphatic carbocycles. The van der Waals surface area contributed by atoms with E-state index in [0.717, 1.165) is 0 Å². The molecule has 1 fully saturated rings. The number of dihydropyridines is 1. The number of allylic oxidation sites excluding steroid dienone is 1. The van der Waals surface area contributed by atoms with E-state index in [0.29, 0.717) is 12.0 Å². The number of piperidine rings is 1. The number of nitrogens with zero attached hydrogens (tertiary/aromatic N) is 2. The molecule has 2 heterocycles. The second kappa shape index (κ2) is 8.66. The lowest BCUT2D eigenvalue weighted by atomic mass is 9.91. The molecule has 0 aromatic carbocycles. The van der Waals surface area contributed by atoms with E-state index in [2.05, 4.69) is 29.1 Å². The monoisotopic (exact) mass is 210 g/mol. The summed E-state index contributed by atoms with van der Waals surface area (Å²) < 4.78 is 0. The second-order valence-electron chi connectivity index (χ2n) is 3.47. The maximum absolute atomic E-state index is 4.45. The quantitative estimate of drug-likeness (QED) is 0.600. The zero-order valence-corrected chi connectivity index (χ0v) is 10.9. The van der Waals surface area contributed by atoms with Crippen molar-refractivity contribution in [3.8, 4) is 0 Å². The molecule has 1 saturated heterocycles. The van der Waals surface area contributed by atoms with Crippen LogP contribution in [0.3, 0.4) is 0 Å². The van der Waals surface area contributed by atoms with Gasteiger partial charge in [-0.1, -0.05) is 33.8 Å². The lowest BCUT2D eigenvalue weighted by Crippen LogP contribution is -2.40. The third-order valence-corrected chi connectivity index (χ3v) is 2.55. The number of likely N-dealkylation sites (tertiary alicyclic amines) is 1. The first-order valence-electron chi connectivity index (χ1n) is 6.25. The molecular weight excluding hydrogens is 184 g/mol. The summed E-state index contributed by atoms with van der Waals surface area (Å²) in [4.78, 5) is 6.83. The van der Waals surface area contributed by atoms with Crippen LogP contribution in [0.5, 0.6) is 0 Å². The van der Waals surface area contributed by atoms with Gasteiger partial charge < -0.3 is 4.90 Å². The normalized spacial score (nSPS) is 28.1.